The standard InChI is InChI=1S/C31H48N4O5/c1-22-10-8-12-31(3,4)27(22)11-17-35-15-7-6-14-34(5)30(39)23(2)33-28(37)21-40-26-19-24(18-25(36)20-26)29(38)32-13-9-16-35/h18-20,23,36H,6-17,21H2,1-5H3,(H,32,38)(H,33,37)/t23-/m0/s1. The minimum atomic E-state index is -0.691. The summed E-state index contributed by atoms with van der Waals surface area (Å²) in [6.07, 6.45) is 7.33. The summed E-state index contributed by atoms with van der Waals surface area (Å²) in [6, 6.07) is 3.53. The minimum absolute atomic E-state index is 0.128. The van der Waals surface area contributed by atoms with Gasteiger partial charge in [-0.3, -0.25) is 14.4 Å². The molecule has 0 unspecified atom stereocenters. The highest BCUT2D eigenvalue weighted by molar-refractivity contribution is 5.95. The maximum absolute atomic E-state index is 12.8. The van der Waals surface area contributed by atoms with Gasteiger partial charge in [0.15, 0.2) is 6.61 Å². The lowest BCUT2D eigenvalue weighted by atomic mass is 9.71. The van der Waals surface area contributed by atoms with E-state index in [1.165, 1.54) is 43.0 Å². The fourth-order valence-electron chi connectivity index (χ4n) is 5.86. The van der Waals surface area contributed by atoms with Crippen LogP contribution in [-0.4, -0.2) is 85.0 Å². The first-order chi connectivity index (χ1) is 19.0. The molecular weight excluding hydrogens is 508 g/mol. The molecule has 1 aromatic rings. The average Bonchev–Trinajstić information content (AvgIpc) is 2.89. The molecule has 0 aromatic heterocycles. The van der Waals surface area contributed by atoms with E-state index in [4.69, 9.17) is 4.74 Å². The highest BCUT2D eigenvalue weighted by atomic mass is 16.5. The Hall–Kier alpha value is -3.07. The number of carbonyl (C=O) groups is 3. The zero-order valence-corrected chi connectivity index (χ0v) is 25.0. The van der Waals surface area contributed by atoms with Crippen molar-refractivity contribution in [1.82, 2.24) is 20.4 Å². The lowest BCUT2D eigenvalue weighted by molar-refractivity contribution is -0.135. The summed E-state index contributed by atoms with van der Waals surface area (Å²) in [5.74, 6) is -0.847. The smallest absolute Gasteiger partial charge is 0.258 e. The first-order valence-electron chi connectivity index (χ1n) is 14.7. The second kappa shape index (κ2) is 14.5. The van der Waals surface area contributed by atoms with Crippen molar-refractivity contribution in [2.75, 3.05) is 46.4 Å². The number of phenolic OH excluding ortho intramolecular Hbond substituents is 1. The number of benzene rings is 1. The molecule has 1 aliphatic heterocycles. The summed E-state index contributed by atoms with van der Waals surface area (Å²) < 4.78 is 5.51. The number of rotatable bonds is 3. The molecular formula is C31H48N4O5. The van der Waals surface area contributed by atoms with Crippen LogP contribution in [-0.2, 0) is 9.59 Å². The van der Waals surface area contributed by atoms with E-state index >= 15 is 0 Å². The molecule has 1 atom stereocenters. The maximum atomic E-state index is 12.8. The number of hydrogen-bond acceptors (Lipinski definition) is 6. The van der Waals surface area contributed by atoms with Gasteiger partial charge in [0.05, 0.1) is 0 Å². The van der Waals surface area contributed by atoms with Crippen LogP contribution in [0.5, 0.6) is 11.5 Å². The van der Waals surface area contributed by atoms with Crippen LogP contribution in [0.2, 0.25) is 0 Å². The van der Waals surface area contributed by atoms with E-state index < -0.39 is 11.9 Å². The Morgan fingerprint density at radius 3 is 2.52 bits per heavy atom. The number of nitrogens with one attached hydrogen (secondary N) is 2. The number of nitrogens with zero attached hydrogens (tertiary/aromatic N) is 2. The van der Waals surface area contributed by atoms with E-state index in [1.807, 2.05) is 0 Å². The SMILES string of the molecule is CC1=C(CCN2CCCCN(C)C(=O)[C@H](C)NC(=O)COc3cc(O)cc(c3)C(=O)NCCC2)C(C)(C)CCC1. The predicted octanol–water partition coefficient (Wildman–Crippen LogP) is 3.87. The number of ether oxygens (including phenoxy) is 1. The van der Waals surface area contributed by atoms with Crippen molar-refractivity contribution in [2.45, 2.75) is 78.7 Å². The van der Waals surface area contributed by atoms with Crippen molar-refractivity contribution in [2.24, 2.45) is 5.41 Å². The number of hydrogen-bond donors (Lipinski definition) is 3. The second-order valence-corrected chi connectivity index (χ2v) is 12.0. The highest BCUT2D eigenvalue weighted by Crippen LogP contribution is 2.41. The van der Waals surface area contributed by atoms with Gasteiger partial charge in [-0.25, -0.2) is 0 Å². The predicted molar refractivity (Wildman–Crippen MR) is 156 cm³/mol. The van der Waals surface area contributed by atoms with E-state index in [0.717, 1.165) is 45.3 Å². The molecule has 1 aromatic carbocycles. The third kappa shape index (κ3) is 9.25. The van der Waals surface area contributed by atoms with Crippen molar-refractivity contribution in [3.63, 3.8) is 0 Å². The van der Waals surface area contributed by atoms with Crippen molar-refractivity contribution in [1.29, 1.82) is 0 Å². The van der Waals surface area contributed by atoms with Crippen LogP contribution in [0.4, 0.5) is 0 Å². The van der Waals surface area contributed by atoms with Gasteiger partial charge < -0.3 is 30.3 Å². The van der Waals surface area contributed by atoms with Gasteiger partial charge >= 0.3 is 0 Å². The average molecular weight is 557 g/mol. The fourth-order valence-corrected chi connectivity index (χ4v) is 5.86. The third-order valence-corrected chi connectivity index (χ3v) is 8.17. The molecule has 3 rings (SSSR count). The molecule has 9 nitrogen and oxygen atoms in total. The molecule has 0 radical (unpaired) electrons. The fraction of sp³-hybridized carbons (Fsp3) is 0.645. The molecule has 0 saturated heterocycles. The topological polar surface area (TPSA) is 111 Å². The van der Waals surface area contributed by atoms with Crippen molar-refractivity contribution < 1.29 is 24.2 Å². The third-order valence-electron chi connectivity index (χ3n) is 8.17. The molecule has 1 aliphatic carbocycles. The zero-order valence-electron chi connectivity index (χ0n) is 25.0. The van der Waals surface area contributed by atoms with Crippen LogP contribution in [0.1, 0.15) is 83.0 Å². The summed E-state index contributed by atoms with van der Waals surface area (Å²) in [5, 5.41) is 15.7. The number of allylic oxidation sites excluding steroid dienone is 1. The number of likely N-dealkylation sites (N-methyl/N-ethyl adjacent to an activating group) is 1. The first kappa shape index (κ1) is 31.5. The van der Waals surface area contributed by atoms with E-state index in [2.05, 4.69) is 36.3 Å². The Morgan fingerprint density at radius 2 is 1.77 bits per heavy atom. The monoisotopic (exact) mass is 556 g/mol. The van der Waals surface area contributed by atoms with Gasteiger partial charge in [0.25, 0.3) is 11.8 Å². The number of fused-ring (bicyclic) bond motifs is 2. The van der Waals surface area contributed by atoms with Crippen LogP contribution in [0.3, 0.4) is 0 Å². The maximum Gasteiger partial charge on any atom is 0.258 e. The van der Waals surface area contributed by atoms with Crippen molar-refractivity contribution >= 4 is 17.7 Å². The molecule has 3 N–H and O–H groups in total. The zero-order chi connectivity index (χ0) is 29.3. The van der Waals surface area contributed by atoms with Crippen LogP contribution >= 0.6 is 0 Å². The van der Waals surface area contributed by atoms with Gasteiger partial charge in [0.1, 0.15) is 17.5 Å². The van der Waals surface area contributed by atoms with Crippen LogP contribution in [0, 0.1) is 5.41 Å². The van der Waals surface area contributed by atoms with E-state index in [0.29, 0.717) is 13.1 Å². The first-order valence-corrected chi connectivity index (χ1v) is 14.7. The number of amides is 3. The highest BCUT2D eigenvalue weighted by Gasteiger charge is 2.28. The molecule has 40 heavy (non-hydrogen) atoms. The van der Waals surface area contributed by atoms with Gasteiger partial charge in [0.2, 0.25) is 5.91 Å². The molecule has 2 aliphatic rings. The Morgan fingerprint density at radius 1 is 1.05 bits per heavy atom. The quantitative estimate of drug-likeness (QED) is 0.488. The van der Waals surface area contributed by atoms with Gasteiger partial charge in [-0.15, -0.1) is 0 Å². The van der Waals surface area contributed by atoms with E-state index in [9.17, 15) is 19.5 Å². The molecule has 0 saturated carbocycles. The summed E-state index contributed by atoms with van der Waals surface area (Å²) in [4.78, 5) is 42.1. The lowest BCUT2D eigenvalue weighted by Gasteiger charge is -2.36. The van der Waals surface area contributed by atoms with Gasteiger partial charge in [-0.2, -0.15) is 0 Å². The molecule has 0 spiro atoms. The Balaban J connectivity index is 1.71. The number of carbonyl (C=O) groups excluding carboxylic acids is 3. The van der Waals surface area contributed by atoms with Crippen molar-refractivity contribution in [3.05, 3.63) is 34.9 Å². The van der Waals surface area contributed by atoms with E-state index in [1.54, 1.807) is 24.4 Å². The molecule has 2 bridgehead atoms. The van der Waals surface area contributed by atoms with Crippen molar-refractivity contribution in [3.8, 4) is 11.5 Å². The van der Waals surface area contributed by atoms with Gasteiger partial charge in [-0.1, -0.05) is 25.0 Å². The summed E-state index contributed by atoms with van der Waals surface area (Å²) in [6.45, 7) is 12.2. The van der Waals surface area contributed by atoms with E-state index in [-0.39, 0.29) is 40.9 Å². The Bertz CT molecular complexity index is 1080. The molecule has 3 amide bonds. The van der Waals surface area contributed by atoms with Gasteiger partial charge in [-0.05, 0) is 89.4 Å². The van der Waals surface area contributed by atoms with Crippen LogP contribution in [0.15, 0.2) is 29.3 Å². The normalized spacial score (nSPS) is 22.8. The molecule has 0 fully saturated rings. The summed E-state index contributed by atoms with van der Waals surface area (Å²) >= 11 is 0. The molecule has 9 heteroatoms. The molecule has 222 valence electrons. The van der Waals surface area contributed by atoms with Gasteiger partial charge in [0, 0.05) is 38.3 Å². The number of aromatic hydroxyl groups is 1. The second-order valence-electron chi connectivity index (χ2n) is 12.0. The largest absolute Gasteiger partial charge is 0.508 e. The summed E-state index contributed by atoms with van der Waals surface area (Å²) in [7, 11) is 1.77. The Kier molecular flexibility index (Phi) is 11.4. The van der Waals surface area contributed by atoms with Crippen LogP contribution in [0.25, 0.3) is 0 Å². The number of phenols is 1. The Labute approximate surface area is 239 Å². The molecule has 1 heterocycles. The minimum Gasteiger partial charge on any atom is -0.508 e. The summed E-state index contributed by atoms with van der Waals surface area (Å²) in [5.41, 5.74) is 3.62. The lowest BCUT2D eigenvalue weighted by Crippen LogP contribution is -2.47. The van der Waals surface area contributed by atoms with Crippen LogP contribution < -0.4 is 15.4 Å².